The molecule has 2 amide bonds. The Balaban J connectivity index is 0.00000208. The van der Waals surface area contributed by atoms with Gasteiger partial charge in [-0.25, -0.2) is 0 Å². The Kier molecular flexibility index (Phi) is 6.95. The molecular weight excluding hydrogens is 346 g/mol. The van der Waals surface area contributed by atoms with E-state index in [2.05, 4.69) is 0 Å². The molecule has 0 bridgehead atoms. The minimum atomic E-state index is 0. The Labute approximate surface area is 153 Å². The van der Waals surface area contributed by atoms with Crippen molar-refractivity contribution < 1.29 is 9.59 Å². The van der Waals surface area contributed by atoms with Crippen molar-refractivity contribution in [2.45, 2.75) is 30.2 Å². The lowest BCUT2D eigenvalue weighted by molar-refractivity contribution is -0.127. The second-order valence-electron chi connectivity index (χ2n) is 6.17. The van der Waals surface area contributed by atoms with Gasteiger partial charge in [-0.3, -0.25) is 9.59 Å². The van der Waals surface area contributed by atoms with Crippen LogP contribution in [-0.2, 0) is 4.79 Å². The lowest BCUT2D eigenvalue weighted by atomic mass is 10.2. The zero-order valence-electron chi connectivity index (χ0n) is 13.6. The maximum Gasteiger partial charge on any atom is 0.255 e. The van der Waals surface area contributed by atoms with E-state index in [-0.39, 0.29) is 30.3 Å². The van der Waals surface area contributed by atoms with Crippen LogP contribution in [0.5, 0.6) is 0 Å². The van der Waals surface area contributed by atoms with E-state index in [4.69, 9.17) is 5.73 Å². The number of carbonyl (C=O) groups excluding carboxylic acids is 2. The number of nitrogens with two attached hydrogens (primary N) is 1. The van der Waals surface area contributed by atoms with Gasteiger partial charge in [-0.05, 0) is 31.4 Å². The Hall–Kier alpha value is -1.24. The summed E-state index contributed by atoms with van der Waals surface area (Å²) in [7, 11) is 0. The van der Waals surface area contributed by atoms with Crippen LogP contribution in [0, 0.1) is 0 Å². The fraction of sp³-hybridized carbons (Fsp3) is 0.529. The molecule has 0 spiro atoms. The van der Waals surface area contributed by atoms with E-state index in [0.717, 1.165) is 37.2 Å². The minimum Gasteiger partial charge on any atom is -0.342 e. The molecule has 0 saturated carbocycles. The third-order valence-corrected chi connectivity index (χ3v) is 5.50. The van der Waals surface area contributed by atoms with Crippen LogP contribution in [0.15, 0.2) is 29.2 Å². The molecule has 0 aliphatic carbocycles. The SMILES string of the molecule is Cl.N[C@@H]1CCN(C(=O)c2ccccc2SCC(=O)N2CCCC2)C1. The van der Waals surface area contributed by atoms with Crippen LogP contribution < -0.4 is 5.73 Å². The van der Waals surface area contributed by atoms with Crippen molar-refractivity contribution in [1.82, 2.24) is 9.80 Å². The Morgan fingerprint density at radius 2 is 1.83 bits per heavy atom. The van der Waals surface area contributed by atoms with E-state index in [1.807, 2.05) is 34.1 Å². The molecule has 24 heavy (non-hydrogen) atoms. The highest BCUT2D eigenvalue weighted by molar-refractivity contribution is 8.00. The largest absolute Gasteiger partial charge is 0.342 e. The standard InChI is InChI=1S/C17H23N3O2S.ClH/c18-13-7-10-20(11-13)17(22)14-5-1-2-6-15(14)23-12-16(21)19-8-3-4-9-19;/h1-2,5-6,13H,3-4,7-12,18H2;1H/t13-;/m1./s1. The number of hydrogen-bond acceptors (Lipinski definition) is 4. The van der Waals surface area contributed by atoms with E-state index < -0.39 is 0 Å². The first-order chi connectivity index (χ1) is 11.1. The van der Waals surface area contributed by atoms with E-state index in [9.17, 15) is 9.59 Å². The summed E-state index contributed by atoms with van der Waals surface area (Å²) >= 11 is 1.46. The van der Waals surface area contributed by atoms with Crippen LogP contribution in [0.3, 0.4) is 0 Å². The highest BCUT2D eigenvalue weighted by Crippen LogP contribution is 2.26. The van der Waals surface area contributed by atoms with E-state index in [0.29, 0.717) is 24.4 Å². The quantitative estimate of drug-likeness (QED) is 0.824. The first-order valence-electron chi connectivity index (χ1n) is 8.19. The number of carbonyl (C=O) groups is 2. The third-order valence-electron chi connectivity index (χ3n) is 4.44. The lowest BCUT2D eigenvalue weighted by Crippen LogP contribution is -2.32. The minimum absolute atomic E-state index is 0. The summed E-state index contributed by atoms with van der Waals surface area (Å²) in [5.41, 5.74) is 6.58. The molecule has 0 aromatic heterocycles. The summed E-state index contributed by atoms with van der Waals surface area (Å²) in [5, 5.41) is 0. The monoisotopic (exact) mass is 369 g/mol. The van der Waals surface area contributed by atoms with Crippen LogP contribution in [0.25, 0.3) is 0 Å². The molecule has 132 valence electrons. The van der Waals surface area contributed by atoms with Gasteiger partial charge in [0.05, 0.1) is 11.3 Å². The van der Waals surface area contributed by atoms with Gasteiger partial charge in [-0.2, -0.15) is 0 Å². The van der Waals surface area contributed by atoms with Gasteiger partial charge in [0.25, 0.3) is 5.91 Å². The van der Waals surface area contributed by atoms with Gasteiger partial charge in [-0.1, -0.05) is 12.1 Å². The van der Waals surface area contributed by atoms with Crippen LogP contribution in [0.1, 0.15) is 29.6 Å². The summed E-state index contributed by atoms with van der Waals surface area (Å²) in [6.45, 7) is 3.06. The van der Waals surface area contributed by atoms with E-state index in [1.54, 1.807) is 0 Å². The maximum absolute atomic E-state index is 12.7. The van der Waals surface area contributed by atoms with Gasteiger partial charge in [-0.15, -0.1) is 24.2 Å². The van der Waals surface area contributed by atoms with Gasteiger partial charge >= 0.3 is 0 Å². The number of nitrogens with zero attached hydrogens (tertiary/aromatic N) is 2. The molecule has 7 heteroatoms. The van der Waals surface area contributed by atoms with Gasteiger partial charge in [0.1, 0.15) is 0 Å². The van der Waals surface area contributed by atoms with Crippen molar-refractivity contribution in [3.63, 3.8) is 0 Å². The van der Waals surface area contributed by atoms with Gasteiger partial charge in [0, 0.05) is 37.1 Å². The first kappa shape index (κ1) is 19.1. The summed E-state index contributed by atoms with van der Waals surface area (Å²) in [6.07, 6.45) is 3.05. The molecule has 2 fully saturated rings. The average Bonchev–Trinajstić information content (AvgIpc) is 3.24. The number of rotatable bonds is 4. The zero-order chi connectivity index (χ0) is 16.2. The lowest BCUT2D eigenvalue weighted by Gasteiger charge is -2.18. The molecule has 2 N–H and O–H groups in total. The molecule has 2 saturated heterocycles. The number of hydrogen-bond donors (Lipinski definition) is 1. The fourth-order valence-corrected chi connectivity index (χ4v) is 4.06. The molecule has 1 aromatic rings. The maximum atomic E-state index is 12.7. The van der Waals surface area contributed by atoms with Crippen molar-refractivity contribution in [2.24, 2.45) is 5.73 Å². The summed E-state index contributed by atoms with van der Waals surface area (Å²) in [4.78, 5) is 29.5. The second-order valence-corrected chi connectivity index (χ2v) is 7.19. The van der Waals surface area contributed by atoms with Crippen LogP contribution >= 0.6 is 24.2 Å². The van der Waals surface area contributed by atoms with Gasteiger partial charge in [0.15, 0.2) is 0 Å². The average molecular weight is 370 g/mol. The summed E-state index contributed by atoms with van der Waals surface area (Å²) in [6, 6.07) is 7.63. The van der Waals surface area contributed by atoms with Gasteiger partial charge in [0.2, 0.25) is 5.91 Å². The van der Waals surface area contributed by atoms with E-state index >= 15 is 0 Å². The Morgan fingerprint density at radius 3 is 2.50 bits per heavy atom. The normalized spacial score (nSPS) is 20.1. The summed E-state index contributed by atoms with van der Waals surface area (Å²) < 4.78 is 0. The van der Waals surface area contributed by atoms with Crippen molar-refractivity contribution in [3.05, 3.63) is 29.8 Å². The molecule has 2 aliphatic rings. The third kappa shape index (κ3) is 4.43. The second kappa shape index (κ2) is 8.74. The molecule has 1 aromatic carbocycles. The predicted molar refractivity (Wildman–Crippen MR) is 98.7 cm³/mol. The number of amides is 2. The Morgan fingerprint density at radius 1 is 1.12 bits per heavy atom. The van der Waals surface area contributed by atoms with Crippen molar-refractivity contribution in [3.8, 4) is 0 Å². The van der Waals surface area contributed by atoms with Crippen LogP contribution in [0.2, 0.25) is 0 Å². The van der Waals surface area contributed by atoms with Gasteiger partial charge < -0.3 is 15.5 Å². The first-order valence-corrected chi connectivity index (χ1v) is 9.18. The predicted octanol–water partition coefficient (Wildman–Crippen LogP) is 2.00. The molecule has 0 unspecified atom stereocenters. The molecule has 2 heterocycles. The molecule has 1 atom stereocenters. The smallest absolute Gasteiger partial charge is 0.255 e. The number of benzene rings is 1. The van der Waals surface area contributed by atoms with Crippen molar-refractivity contribution in [1.29, 1.82) is 0 Å². The van der Waals surface area contributed by atoms with E-state index in [1.165, 1.54) is 11.8 Å². The van der Waals surface area contributed by atoms with Crippen molar-refractivity contribution >= 4 is 36.0 Å². The topological polar surface area (TPSA) is 66.6 Å². The number of thioether (sulfide) groups is 1. The molecule has 5 nitrogen and oxygen atoms in total. The zero-order valence-corrected chi connectivity index (χ0v) is 15.3. The summed E-state index contributed by atoms with van der Waals surface area (Å²) in [5.74, 6) is 0.580. The molecular formula is C17H24ClN3O2S. The fourth-order valence-electron chi connectivity index (χ4n) is 3.11. The highest BCUT2D eigenvalue weighted by Gasteiger charge is 2.26. The number of halogens is 1. The van der Waals surface area contributed by atoms with Crippen molar-refractivity contribution in [2.75, 3.05) is 31.9 Å². The molecule has 0 radical (unpaired) electrons. The number of likely N-dealkylation sites (tertiary alicyclic amines) is 2. The molecule has 3 rings (SSSR count). The van der Waals surface area contributed by atoms with Crippen LogP contribution in [-0.4, -0.2) is 59.6 Å². The molecule has 2 aliphatic heterocycles. The van der Waals surface area contributed by atoms with Crippen LogP contribution in [0.4, 0.5) is 0 Å². The Bertz CT molecular complexity index is 593. The highest BCUT2D eigenvalue weighted by atomic mass is 35.5.